The van der Waals surface area contributed by atoms with Crippen LogP contribution in [-0.4, -0.2) is 14.8 Å². The first-order chi connectivity index (χ1) is 8.47. The third kappa shape index (κ3) is 2.38. The Morgan fingerprint density at radius 3 is 2.67 bits per heavy atom. The molecule has 2 rings (SSSR count). The van der Waals surface area contributed by atoms with Gasteiger partial charge in [0.1, 0.15) is 0 Å². The van der Waals surface area contributed by atoms with Gasteiger partial charge in [0.2, 0.25) is 0 Å². The number of H-pyrrole nitrogens is 1. The first-order valence-electron chi connectivity index (χ1n) is 4.97. The lowest BCUT2D eigenvalue weighted by Crippen LogP contribution is -2.33. The Morgan fingerprint density at radius 1 is 1.28 bits per heavy atom. The number of nitrogens with two attached hydrogens (primary N) is 2. The van der Waals surface area contributed by atoms with Crippen LogP contribution in [0.25, 0.3) is 0 Å². The molecule has 18 heavy (non-hydrogen) atoms. The van der Waals surface area contributed by atoms with Gasteiger partial charge >= 0.3 is 11.1 Å². The number of nitrogens with one attached hydrogen (secondary N) is 1. The van der Waals surface area contributed by atoms with Gasteiger partial charge in [-0.1, -0.05) is 11.8 Å². The molecule has 0 radical (unpaired) electrons. The minimum atomic E-state index is -0.820. The second-order valence-corrected chi connectivity index (χ2v) is 4.63. The van der Waals surface area contributed by atoms with Crippen molar-refractivity contribution in [3.05, 3.63) is 38.9 Å². The number of hydrogen-bond donors (Lipinski definition) is 3. The molecule has 0 aliphatic heterocycles. The van der Waals surface area contributed by atoms with Gasteiger partial charge in [-0.25, -0.2) is 0 Å². The predicted octanol–water partition coefficient (Wildman–Crippen LogP) is -0.216. The van der Waals surface area contributed by atoms with Crippen LogP contribution in [0.15, 0.2) is 37.8 Å². The first-order valence-corrected chi connectivity index (χ1v) is 5.79. The van der Waals surface area contributed by atoms with Crippen LogP contribution < -0.4 is 22.6 Å². The van der Waals surface area contributed by atoms with E-state index in [1.54, 1.807) is 25.2 Å². The van der Waals surface area contributed by atoms with Gasteiger partial charge in [0.25, 0.3) is 0 Å². The summed E-state index contributed by atoms with van der Waals surface area (Å²) < 4.78 is 1.38. The fourth-order valence-corrected chi connectivity index (χ4v) is 2.12. The van der Waals surface area contributed by atoms with Crippen molar-refractivity contribution in [1.82, 2.24) is 14.8 Å². The molecule has 0 fully saturated rings. The largest absolute Gasteiger partial charge is 0.397 e. The summed E-state index contributed by atoms with van der Waals surface area (Å²) in [5, 5.41) is 2.73. The number of aryl methyl sites for hydroxylation is 1. The molecule has 7 nitrogen and oxygen atoms in total. The molecule has 1 aromatic carbocycles. The molecule has 2 aromatic rings. The Hall–Kier alpha value is -2.22. The highest BCUT2D eigenvalue weighted by molar-refractivity contribution is 7.99. The monoisotopic (exact) mass is 265 g/mol. The minimum absolute atomic E-state index is 0.365. The number of aromatic nitrogens is 3. The lowest BCUT2D eigenvalue weighted by atomic mass is 10.3. The summed E-state index contributed by atoms with van der Waals surface area (Å²) in [6.07, 6.45) is 0. The van der Waals surface area contributed by atoms with Crippen molar-refractivity contribution < 1.29 is 0 Å². The van der Waals surface area contributed by atoms with E-state index in [0.717, 1.165) is 4.90 Å². The SMILES string of the molecule is Cn1[nH]c(=O)c(=O)nc1Sc1ccc(N)c(N)c1. The van der Waals surface area contributed by atoms with Crippen molar-refractivity contribution in [2.75, 3.05) is 11.5 Å². The van der Waals surface area contributed by atoms with Crippen LogP contribution >= 0.6 is 11.8 Å². The molecule has 0 bridgehead atoms. The van der Waals surface area contributed by atoms with E-state index in [2.05, 4.69) is 10.1 Å². The highest BCUT2D eigenvalue weighted by Crippen LogP contribution is 2.28. The van der Waals surface area contributed by atoms with Crippen molar-refractivity contribution in [2.24, 2.45) is 7.05 Å². The molecular formula is C10H11N5O2S. The van der Waals surface area contributed by atoms with Crippen LogP contribution in [0, 0.1) is 0 Å². The van der Waals surface area contributed by atoms with Crippen LogP contribution in [0.3, 0.4) is 0 Å². The Bertz CT molecular complexity index is 706. The number of nitrogen functional groups attached to an aromatic ring is 2. The zero-order valence-corrected chi connectivity index (χ0v) is 10.3. The Labute approximate surface area is 106 Å². The summed E-state index contributed by atoms with van der Waals surface area (Å²) in [6, 6.07) is 5.10. The Kier molecular flexibility index (Phi) is 3.11. The molecular weight excluding hydrogens is 254 g/mol. The number of benzene rings is 1. The summed E-state index contributed by atoms with van der Waals surface area (Å²) in [6.45, 7) is 0. The summed E-state index contributed by atoms with van der Waals surface area (Å²) in [7, 11) is 1.59. The number of anilines is 2. The number of nitrogens with zero attached hydrogens (tertiary/aromatic N) is 2. The van der Waals surface area contributed by atoms with Crippen LogP contribution in [0.4, 0.5) is 11.4 Å². The maximum Gasteiger partial charge on any atom is 0.339 e. The smallest absolute Gasteiger partial charge is 0.339 e. The van der Waals surface area contributed by atoms with Crippen molar-refractivity contribution in [3.8, 4) is 0 Å². The molecule has 0 unspecified atom stereocenters. The molecule has 0 atom stereocenters. The van der Waals surface area contributed by atoms with Crippen molar-refractivity contribution in [2.45, 2.75) is 10.1 Å². The van der Waals surface area contributed by atoms with Gasteiger partial charge in [0, 0.05) is 11.9 Å². The average Bonchev–Trinajstić information content (AvgIpc) is 2.31. The molecule has 0 aliphatic rings. The lowest BCUT2D eigenvalue weighted by molar-refractivity contribution is 0.596. The third-order valence-corrected chi connectivity index (χ3v) is 3.25. The fourth-order valence-electron chi connectivity index (χ4n) is 1.27. The van der Waals surface area contributed by atoms with E-state index in [4.69, 9.17) is 11.5 Å². The molecule has 94 valence electrons. The number of hydrogen-bond acceptors (Lipinski definition) is 6. The number of aromatic amines is 1. The Balaban J connectivity index is 2.40. The molecule has 0 amide bonds. The normalized spacial score (nSPS) is 10.5. The average molecular weight is 265 g/mol. The molecule has 0 saturated heterocycles. The van der Waals surface area contributed by atoms with Crippen LogP contribution in [0.5, 0.6) is 0 Å². The fraction of sp³-hybridized carbons (Fsp3) is 0.100. The minimum Gasteiger partial charge on any atom is -0.397 e. The van der Waals surface area contributed by atoms with Crippen LogP contribution in [0.1, 0.15) is 0 Å². The standard InChI is InChI=1S/C10H11N5O2S/c1-15-10(13-8(16)9(17)14-15)18-5-2-3-6(11)7(12)4-5/h2-4H,11-12H2,1H3,(H,14,17). The second kappa shape index (κ2) is 4.57. The van der Waals surface area contributed by atoms with Gasteiger partial charge in [0.05, 0.1) is 11.4 Å². The maximum atomic E-state index is 11.2. The Morgan fingerprint density at radius 2 is 2.00 bits per heavy atom. The van der Waals surface area contributed by atoms with Gasteiger partial charge in [-0.05, 0) is 18.2 Å². The van der Waals surface area contributed by atoms with Gasteiger partial charge in [-0.2, -0.15) is 4.98 Å². The summed E-state index contributed by atoms with van der Waals surface area (Å²) in [5.74, 6) is 0. The van der Waals surface area contributed by atoms with E-state index >= 15 is 0 Å². The van der Waals surface area contributed by atoms with Crippen LogP contribution in [0.2, 0.25) is 0 Å². The maximum absolute atomic E-state index is 11.2. The molecule has 0 saturated carbocycles. The van der Waals surface area contributed by atoms with E-state index in [1.807, 2.05) is 0 Å². The van der Waals surface area contributed by atoms with Gasteiger partial charge in [-0.3, -0.25) is 19.4 Å². The topological polar surface area (TPSA) is 120 Å². The molecule has 1 heterocycles. The zero-order chi connectivity index (χ0) is 13.3. The third-order valence-electron chi connectivity index (χ3n) is 2.22. The van der Waals surface area contributed by atoms with Gasteiger partial charge < -0.3 is 11.5 Å². The quantitative estimate of drug-likeness (QED) is 0.510. The van der Waals surface area contributed by atoms with Crippen LogP contribution in [-0.2, 0) is 7.05 Å². The van der Waals surface area contributed by atoms with Crippen molar-refractivity contribution in [1.29, 1.82) is 0 Å². The molecule has 5 N–H and O–H groups in total. The first kappa shape index (κ1) is 12.2. The molecule has 0 aliphatic carbocycles. The van der Waals surface area contributed by atoms with Gasteiger partial charge in [0.15, 0.2) is 5.16 Å². The van der Waals surface area contributed by atoms with Crippen molar-refractivity contribution >= 4 is 23.1 Å². The summed E-state index contributed by atoms with van der Waals surface area (Å²) in [5.41, 5.74) is 10.7. The summed E-state index contributed by atoms with van der Waals surface area (Å²) >= 11 is 1.21. The van der Waals surface area contributed by atoms with E-state index in [-0.39, 0.29) is 0 Å². The summed E-state index contributed by atoms with van der Waals surface area (Å²) in [4.78, 5) is 26.7. The van der Waals surface area contributed by atoms with Gasteiger partial charge in [-0.15, -0.1) is 0 Å². The lowest BCUT2D eigenvalue weighted by Gasteiger charge is -2.07. The second-order valence-electron chi connectivity index (χ2n) is 3.59. The molecule has 1 aromatic heterocycles. The molecule has 8 heteroatoms. The molecule has 0 spiro atoms. The van der Waals surface area contributed by atoms with E-state index < -0.39 is 11.1 Å². The highest BCUT2D eigenvalue weighted by atomic mass is 32.2. The zero-order valence-electron chi connectivity index (χ0n) is 9.51. The number of rotatable bonds is 2. The highest BCUT2D eigenvalue weighted by Gasteiger charge is 2.07. The predicted molar refractivity (Wildman–Crippen MR) is 69.5 cm³/mol. The van der Waals surface area contributed by atoms with E-state index in [1.165, 1.54) is 16.4 Å². The van der Waals surface area contributed by atoms with E-state index in [0.29, 0.717) is 16.5 Å². The van der Waals surface area contributed by atoms with Crippen molar-refractivity contribution in [3.63, 3.8) is 0 Å². The van der Waals surface area contributed by atoms with E-state index in [9.17, 15) is 9.59 Å².